The molecule has 9 nitrogen and oxygen atoms in total. The van der Waals surface area contributed by atoms with Crippen molar-refractivity contribution in [3.8, 4) is 0 Å². The molecule has 10 heteroatoms. The SMILES string of the molecule is COC(=O)c1c(NC(=O)COC(=O)CCN2C(=O)c3ccccc3C2=O)sc2c1CC[C@H](C)C2. The molecule has 3 amide bonds. The molecule has 178 valence electrons. The van der Waals surface area contributed by atoms with Gasteiger partial charge >= 0.3 is 11.9 Å². The van der Waals surface area contributed by atoms with Gasteiger partial charge in [-0.3, -0.25) is 24.1 Å². The predicted molar refractivity (Wildman–Crippen MR) is 123 cm³/mol. The topological polar surface area (TPSA) is 119 Å². The van der Waals surface area contributed by atoms with Crippen molar-refractivity contribution in [2.24, 2.45) is 5.92 Å². The fraction of sp³-hybridized carbons (Fsp3) is 0.375. The number of benzene rings is 1. The highest BCUT2D eigenvalue weighted by molar-refractivity contribution is 7.17. The van der Waals surface area contributed by atoms with Gasteiger partial charge in [-0.15, -0.1) is 11.3 Å². The van der Waals surface area contributed by atoms with Crippen LogP contribution in [0.2, 0.25) is 0 Å². The molecule has 1 aliphatic carbocycles. The van der Waals surface area contributed by atoms with Gasteiger partial charge in [-0.05, 0) is 42.9 Å². The second kappa shape index (κ2) is 9.76. The number of fused-ring (bicyclic) bond motifs is 2. The maximum Gasteiger partial charge on any atom is 0.341 e. The van der Waals surface area contributed by atoms with Crippen LogP contribution in [0.5, 0.6) is 0 Å². The third kappa shape index (κ3) is 4.58. The average Bonchev–Trinajstić information content (AvgIpc) is 3.29. The molecule has 0 spiro atoms. The fourth-order valence-electron chi connectivity index (χ4n) is 4.18. The Kier molecular flexibility index (Phi) is 6.78. The van der Waals surface area contributed by atoms with Crippen LogP contribution in [0, 0.1) is 5.92 Å². The van der Waals surface area contributed by atoms with Gasteiger partial charge in [0.25, 0.3) is 17.7 Å². The third-order valence-electron chi connectivity index (χ3n) is 5.94. The number of nitrogens with zero attached hydrogens (tertiary/aromatic N) is 1. The Morgan fingerprint density at radius 2 is 1.82 bits per heavy atom. The van der Waals surface area contributed by atoms with Gasteiger partial charge < -0.3 is 14.8 Å². The Morgan fingerprint density at radius 3 is 2.47 bits per heavy atom. The largest absolute Gasteiger partial charge is 0.465 e. The second-order valence-corrected chi connectivity index (χ2v) is 9.42. The Hall–Kier alpha value is -3.53. The Balaban J connectivity index is 1.32. The molecule has 1 atom stereocenters. The van der Waals surface area contributed by atoms with Gasteiger partial charge in [0, 0.05) is 11.4 Å². The second-order valence-electron chi connectivity index (χ2n) is 8.31. The van der Waals surface area contributed by atoms with Crippen LogP contribution < -0.4 is 5.32 Å². The van der Waals surface area contributed by atoms with Crippen molar-refractivity contribution >= 4 is 46.0 Å². The zero-order chi connectivity index (χ0) is 24.4. The number of carbonyl (C=O) groups is 5. The van der Waals surface area contributed by atoms with Crippen molar-refractivity contribution in [2.75, 3.05) is 25.6 Å². The van der Waals surface area contributed by atoms with Crippen LogP contribution in [0.15, 0.2) is 24.3 Å². The van der Waals surface area contributed by atoms with Crippen molar-refractivity contribution < 1.29 is 33.4 Å². The van der Waals surface area contributed by atoms with E-state index in [9.17, 15) is 24.0 Å². The molecular weight excluding hydrogens is 460 g/mol. The molecule has 4 rings (SSSR count). The Bertz CT molecular complexity index is 1150. The number of esters is 2. The molecule has 2 aromatic rings. The van der Waals surface area contributed by atoms with E-state index in [-0.39, 0.29) is 13.0 Å². The number of ether oxygens (including phenoxy) is 2. The summed E-state index contributed by atoms with van der Waals surface area (Å²) >= 11 is 1.34. The summed E-state index contributed by atoms with van der Waals surface area (Å²) < 4.78 is 9.92. The van der Waals surface area contributed by atoms with Gasteiger partial charge in [0.2, 0.25) is 0 Å². The summed E-state index contributed by atoms with van der Waals surface area (Å²) in [7, 11) is 1.29. The van der Waals surface area contributed by atoms with E-state index >= 15 is 0 Å². The van der Waals surface area contributed by atoms with Crippen LogP contribution in [-0.4, -0.2) is 54.8 Å². The normalized spacial score (nSPS) is 16.6. The minimum Gasteiger partial charge on any atom is -0.465 e. The summed E-state index contributed by atoms with van der Waals surface area (Å²) in [6.07, 6.45) is 2.27. The lowest BCUT2D eigenvalue weighted by Crippen LogP contribution is -2.32. The first-order chi connectivity index (χ1) is 16.3. The predicted octanol–water partition coefficient (Wildman–Crippen LogP) is 2.83. The molecule has 2 aliphatic rings. The van der Waals surface area contributed by atoms with E-state index in [1.165, 1.54) is 18.4 Å². The number of imide groups is 1. The summed E-state index contributed by atoms with van der Waals surface area (Å²) in [5.41, 5.74) is 1.87. The van der Waals surface area contributed by atoms with E-state index in [2.05, 4.69) is 12.2 Å². The van der Waals surface area contributed by atoms with Crippen LogP contribution in [0.25, 0.3) is 0 Å². The van der Waals surface area contributed by atoms with Crippen LogP contribution >= 0.6 is 11.3 Å². The van der Waals surface area contributed by atoms with Gasteiger partial charge in [-0.2, -0.15) is 0 Å². The summed E-state index contributed by atoms with van der Waals surface area (Å²) in [5.74, 6) is -2.26. The molecule has 0 saturated heterocycles. The molecule has 0 fully saturated rings. The van der Waals surface area contributed by atoms with Gasteiger partial charge in [0.05, 0.1) is 30.2 Å². The summed E-state index contributed by atoms with van der Waals surface area (Å²) in [5, 5.41) is 3.05. The lowest BCUT2D eigenvalue weighted by molar-refractivity contribution is -0.147. The smallest absolute Gasteiger partial charge is 0.341 e. The number of rotatable bonds is 7. The standard InChI is InChI=1S/C24H24N2O7S/c1-13-7-8-16-17(11-13)34-21(20(16)24(31)32-2)25-18(27)12-33-19(28)9-10-26-22(29)14-5-3-4-6-15(14)23(26)30/h3-6,13H,7-12H2,1-2H3,(H,25,27)/t13-/m0/s1. The number of carbonyl (C=O) groups excluding carboxylic acids is 5. The van der Waals surface area contributed by atoms with Gasteiger partial charge in [-0.1, -0.05) is 19.1 Å². The van der Waals surface area contributed by atoms with E-state index in [0.29, 0.717) is 27.6 Å². The molecule has 1 N–H and O–H groups in total. The lowest BCUT2D eigenvalue weighted by Gasteiger charge is -2.18. The van der Waals surface area contributed by atoms with Gasteiger partial charge in [0.1, 0.15) is 5.00 Å². The number of anilines is 1. The molecule has 2 heterocycles. The molecule has 0 radical (unpaired) electrons. The molecule has 1 aromatic carbocycles. The number of hydrogen-bond acceptors (Lipinski definition) is 8. The first kappa shape index (κ1) is 23.6. The Morgan fingerprint density at radius 1 is 1.15 bits per heavy atom. The van der Waals surface area contributed by atoms with E-state index in [1.807, 2.05) is 0 Å². The van der Waals surface area contributed by atoms with Gasteiger partial charge in [-0.25, -0.2) is 4.79 Å². The fourth-order valence-corrected chi connectivity index (χ4v) is 5.60. The highest BCUT2D eigenvalue weighted by atomic mass is 32.1. The van der Waals surface area contributed by atoms with Crippen molar-refractivity contribution in [1.82, 2.24) is 4.90 Å². The molecule has 1 aliphatic heterocycles. The minimum absolute atomic E-state index is 0.144. The summed E-state index contributed by atoms with van der Waals surface area (Å²) in [6.45, 7) is 1.44. The van der Waals surface area contributed by atoms with Gasteiger partial charge in [0.15, 0.2) is 6.61 Å². The lowest BCUT2D eigenvalue weighted by atomic mass is 9.88. The van der Waals surface area contributed by atoms with Crippen molar-refractivity contribution in [2.45, 2.75) is 32.6 Å². The van der Waals surface area contributed by atoms with E-state index in [1.54, 1.807) is 24.3 Å². The average molecular weight is 485 g/mol. The molecule has 0 saturated carbocycles. The number of hydrogen-bond donors (Lipinski definition) is 1. The molecular formula is C24H24N2O7S. The zero-order valence-corrected chi connectivity index (χ0v) is 19.7. The first-order valence-electron chi connectivity index (χ1n) is 10.9. The summed E-state index contributed by atoms with van der Waals surface area (Å²) in [6, 6.07) is 6.45. The van der Waals surface area contributed by atoms with Crippen LogP contribution in [0.1, 0.15) is 61.3 Å². The summed E-state index contributed by atoms with van der Waals surface area (Å²) in [4.78, 5) is 63.6. The van der Waals surface area contributed by atoms with Crippen LogP contribution in [0.4, 0.5) is 5.00 Å². The van der Waals surface area contributed by atoms with Crippen LogP contribution in [0.3, 0.4) is 0 Å². The monoisotopic (exact) mass is 484 g/mol. The first-order valence-corrected chi connectivity index (χ1v) is 11.7. The minimum atomic E-state index is -0.723. The Labute approximate surface area is 200 Å². The third-order valence-corrected chi connectivity index (χ3v) is 7.11. The number of thiophene rings is 1. The zero-order valence-electron chi connectivity index (χ0n) is 18.8. The van der Waals surface area contributed by atoms with Crippen molar-refractivity contribution in [1.29, 1.82) is 0 Å². The molecule has 0 unspecified atom stereocenters. The number of amides is 3. The van der Waals surface area contributed by atoms with E-state index < -0.39 is 36.3 Å². The van der Waals surface area contributed by atoms with E-state index in [0.717, 1.165) is 34.6 Å². The van der Waals surface area contributed by atoms with E-state index in [4.69, 9.17) is 9.47 Å². The molecule has 0 bridgehead atoms. The quantitative estimate of drug-likeness (QED) is 0.474. The molecule has 34 heavy (non-hydrogen) atoms. The van der Waals surface area contributed by atoms with Crippen molar-refractivity contribution in [3.63, 3.8) is 0 Å². The maximum atomic E-state index is 12.4. The molecule has 1 aromatic heterocycles. The maximum absolute atomic E-state index is 12.4. The number of methoxy groups -OCH3 is 1. The van der Waals surface area contributed by atoms with Crippen molar-refractivity contribution in [3.05, 3.63) is 51.4 Å². The number of nitrogens with one attached hydrogen (secondary N) is 1. The highest BCUT2D eigenvalue weighted by Crippen LogP contribution is 2.40. The highest BCUT2D eigenvalue weighted by Gasteiger charge is 2.35. The van der Waals surface area contributed by atoms with Crippen LogP contribution in [-0.2, 0) is 31.9 Å².